The van der Waals surface area contributed by atoms with Crippen LogP contribution in [0.2, 0.25) is 0 Å². The van der Waals surface area contributed by atoms with E-state index in [-0.39, 0.29) is 19.1 Å². The third-order valence-corrected chi connectivity index (χ3v) is 4.87. The van der Waals surface area contributed by atoms with E-state index in [4.69, 9.17) is 23.7 Å². The number of hydrogen-bond donors (Lipinski definition) is 1. The molecule has 0 saturated carbocycles. The van der Waals surface area contributed by atoms with Gasteiger partial charge in [-0.3, -0.25) is 0 Å². The lowest BCUT2D eigenvalue weighted by Gasteiger charge is -2.27. The van der Waals surface area contributed by atoms with E-state index in [0.717, 1.165) is 5.56 Å². The van der Waals surface area contributed by atoms with E-state index < -0.39 is 24.0 Å². The van der Waals surface area contributed by atoms with Gasteiger partial charge in [-0.1, -0.05) is 44.2 Å². The summed E-state index contributed by atoms with van der Waals surface area (Å²) in [4.78, 5) is 12.5. The molecule has 1 aliphatic rings. The summed E-state index contributed by atoms with van der Waals surface area (Å²) in [6, 6.07) is 16.7. The molecule has 1 heterocycles. The lowest BCUT2D eigenvalue weighted by atomic mass is 10.0. The van der Waals surface area contributed by atoms with Crippen LogP contribution in [0.1, 0.15) is 25.8 Å². The summed E-state index contributed by atoms with van der Waals surface area (Å²) >= 11 is 0. The van der Waals surface area contributed by atoms with Crippen molar-refractivity contribution in [3.8, 4) is 11.5 Å². The molecular weight excluding hydrogens is 400 g/mol. The summed E-state index contributed by atoms with van der Waals surface area (Å²) in [5.74, 6) is -0.599. The van der Waals surface area contributed by atoms with Gasteiger partial charge in [-0.15, -0.1) is 0 Å². The number of aliphatic hydroxyl groups is 1. The Kier molecular flexibility index (Phi) is 7.90. The Labute approximate surface area is 182 Å². The summed E-state index contributed by atoms with van der Waals surface area (Å²) in [5, 5.41) is 10.4. The van der Waals surface area contributed by atoms with Crippen molar-refractivity contribution >= 4 is 5.97 Å². The zero-order valence-electron chi connectivity index (χ0n) is 18.2. The Hall–Kier alpha value is -2.61. The molecule has 0 aliphatic carbocycles. The van der Waals surface area contributed by atoms with Crippen molar-refractivity contribution in [3.63, 3.8) is 0 Å². The number of ether oxygens (including phenoxy) is 5. The van der Waals surface area contributed by atoms with Crippen LogP contribution in [-0.2, 0) is 25.6 Å². The molecule has 1 aliphatic heterocycles. The second-order valence-corrected chi connectivity index (χ2v) is 8.01. The first-order chi connectivity index (χ1) is 14.9. The van der Waals surface area contributed by atoms with Crippen molar-refractivity contribution in [2.45, 2.75) is 44.9 Å². The highest BCUT2D eigenvalue weighted by Crippen LogP contribution is 2.30. The van der Waals surface area contributed by atoms with Crippen LogP contribution in [0.25, 0.3) is 0 Å². The first-order valence-corrected chi connectivity index (χ1v) is 10.4. The Morgan fingerprint density at radius 1 is 1.03 bits per heavy atom. The predicted molar refractivity (Wildman–Crippen MR) is 114 cm³/mol. The van der Waals surface area contributed by atoms with Crippen LogP contribution in [-0.4, -0.2) is 49.4 Å². The monoisotopic (exact) mass is 430 g/mol. The molecule has 3 unspecified atom stereocenters. The average molecular weight is 430 g/mol. The van der Waals surface area contributed by atoms with E-state index in [2.05, 4.69) is 0 Å². The van der Waals surface area contributed by atoms with Crippen molar-refractivity contribution in [2.75, 3.05) is 20.3 Å². The normalized spacial score (nSPS) is 21.7. The maximum atomic E-state index is 12.5. The molecule has 2 aromatic rings. The Morgan fingerprint density at radius 2 is 1.71 bits per heavy atom. The number of methoxy groups -OCH3 is 1. The van der Waals surface area contributed by atoms with Crippen molar-refractivity contribution in [2.24, 2.45) is 5.92 Å². The number of esters is 1. The third-order valence-electron chi connectivity index (χ3n) is 4.87. The largest absolute Gasteiger partial charge is 0.497 e. The molecule has 3 rings (SSSR count). The number of aliphatic hydroxyl groups excluding tert-OH is 1. The van der Waals surface area contributed by atoms with Crippen molar-refractivity contribution in [3.05, 3.63) is 60.2 Å². The highest BCUT2D eigenvalue weighted by molar-refractivity contribution is 5.77. The predicted octanol–water partition coefficient (Wildman–Crippen LogP) is 3.34. The molecule has 0 radical (unpaired) electrons. The first kappa shape index (κ1) is 23.1. The van der Waals surface area contributed by atoms with Crippen LogP contribution in [0.3, 0.4) is 0 Å². The number of hydrogen-bond acceptors (Lipinski definition) is 7. The summed E-state index contributed by atoms with van der Waals surface area (Å²) in [5.41, 5.74) is 0.981. The van der Waals surface area contributed by atoms with Gasteiger partial charge in [0.2, 0.25) is 0 Å². The van der Waals surface area contributed by atoms with Crippen LogP contribution in [0.5, 0.6) is 11.5 Å². The summed E-state index contributed by atoms with van der Waals surface area (Å²) < 4.78 is 28.3. The molecule has 2 aromatic carbocycles. The molecule has 168 valence electrons. The second-order valence-electron chi connectivity index (χ2n) is 8.01. The number of cyclic esters (lactones) is 1. The lowest BCUT2D eigenvalue weighted by Crippen LogP contribution is -2.44. The topological polar surface area (TPSA) is 83.5 Å². The van der Waals surface area contributed by atoms with E-state index in [9.17, 15) is 9.90 Å². The molecule has 3 atom stereocenters. The minimum absolute atomic E-state index is 0.0330. The van der Waals surface area contributed by atoms with Crippen molar-refractivity contribution in [1.82, 2.24) is 0 Å². The fraction of sp³-hybridized carbons (Fsp3) is 0.458. The standard InChI is InChI=1S/C24H30O7/c1-17(2)13-21(25)22-23(26)31-24(30-22,15-28-14-18-7-5-4-6-8-18)16-29-20-11-9-19(27-3)10-12-20/h4-12,17,21-22,25H,13-16H2,1-3H3. The van der Waals surface area contributed by atoms with Gasteiger partial charge >= 0.3 is 5.97 Å². The van der Waals surface area contributed by atoms with Crippen LogP contribution in [0.15, 0.2) is 54.6 Å². The number of benzene rings is 2. The van der Waals surface area contributed by atoms with Crippen molar-refractivity contribution < 1.29 is 33.6 Å². The first-order valence-electron chi connectivity index (χ1n) is 10.4. The molecule has 0 spiro atoms. The fourth-order valence-electron chi connectivity index (χ4n) is 3.32. The Bertz CT molecular complexity index is 822. The van der Waals surface area contributed by atoms with Gasteiger partial charge in [0.15, 0.2) is 12.7 Å². The molecule has 1 fully saturated rings. The number of carbonyl (C=O) groups is 1. The zero-order chi connectivity index (χ0) is 22.3. The molecular formula is C24H30O7. The Balaban J connectivity index is 1.69. The molecule has 31 heavy (non-hydrogen) atoms. The van der Waals surface area contributed by atoms with E-state index in [0.29, 0.717) is 24.5 Å². The van der Waals surface area contributed by atoms with E-state index in [1.165, 1.54) is 0 Å². The highest BCUT2D eigenvalue weighted by Gasteiger charge is 2.51. The van der Waals surface area contributed by atoms with Crippen molar-refractivity contribution in [1.29, 1.82) is 0 Å². The average Bonchev–Trinajstić information content (AvgIpc) is 3.10. The van der Waals surface area contributed by atoms with Gasteiger partial charge in [-0.05, 0) is 42.2 Å². The third kappa shape index (κ3) is 6.43. The van der Waals surface area contributed by atoms with Gasteiger partial charge in [0.1, 0.15) is 18.1 Å². The van der Waals surface area contributed by atoms with Crippen LogP contribution in [0.4, 0.5) is 0 Å². The van der Waals surface area contributed by atoms with Gasteiger partial charge in [-0.25, -0.2) is 4.79 Å². The van der Waals surface area contributed by atoms with Gasteiger partial charge in [0, 0.05) is 0 Å². The van der Waals surface area contributed by atoms with Gasteiger partial charge in [0.25, 0.3) is 5.79 Å². The lowest BCUT2D eigenvalue weighted by molar-refractivity contribution is -0.225. The molecule has 1 saturated heterocycles. The Morgan fingerprint density at radius 3 is 2.35 bits per heavy atom. The van der Waals surface area contributed by atoms with Gasteiger partial charge < -0.3 is 28.8 Å². The number of carbonyl (C=O) groups excluding carboxylic acids is 1. The van der Waals surface area contributed by atoms with Gasteiger partial charge in [0.05, 0.1) is 19.8 Å². The van der Waals surface area contributed by atoms with E-state index in [1.54, 1.807) is 31.4 Å². The minimum atomic E-state index is -1.45. The smallest absolute Gasteiger partial charge is 0.340 e. The quantitative estimate of drug-likeness (QED) is 0.548. The highest BCUT2D eigenvalue weighted by atomic mass is 16.8. The molecule has 0 amide bonds. The maximum Gasteiger partial charge on any atom is 0.340 e. The molecule has 7 nitrogen and oxygen atoms in total. The van der Waals surface area contributed by atoms with Crippen LogP contribution >= 0.6 is 0 Å². The molecule has 7 heteroatoms. The fourth-order valence-corrected chi connectivity index (χ4v) is 3.32. The van der Waals surface area contributed by atoms with E-state index >= 15 is 0 Å². The van der Waals surface area contributed by atoms with E-state index in [1.807, 2.05) is 44.2 Å². The van der Waals surface area contributed by atoms with Gasteiger partial charge in [-0.2, -0.15) is 0 Å². The summed E-state index contributed by atoms with van der Waals surface area (Å²) in [6.07, 6.45) is -1.63. The minimum Gasteiger partial charge on any atom is -0.497 e. The molecule has 0 bridgehead atoms. The van der Waals surface area contributed by atoms with Crippen LogP contribution in [0, 0.1) is 5.92 Å². The summed E-state index contributed by atoms with van der Waals surface area (Å²) in [7, 11) is 1.59. The second kappa shape index (κ2) is 10.6. The maximum absolute atomic E-state index is 12.5. The zero-order valence-corrected chi connectivity index (χ0v) is 18.2. The molecule has 0 aromatic heterocycles. The van der Waals surface area contributed by atoms with Crippen LogP contribution < -0.4 is 9.47 Å². The SMILES string of the molecule is COc1ccc(OCC2(COCc3ccccc3)OC(=O)C(C(O)CC(C)C)O2)cc1. The number of rotatable bonds is 11. The summed E-state index contributed by atoms with van der Waals surface area (Å²) in [6.45, 7) is 4.14. The molecule has 1 N–H and O–H groups in total.